The minimum atomic E-state index is -0.635. The lowest BCUT2D eigenvalue weighted by Gasteiger charge is -2.11. The Hall–Kier alpha value is -3.41. The van der Waals surface area contributed by atoms with Crippen molar-refractivity contribution < 1.29 is 19.1 Å². The predicted molar refractivity (Wildman–Crippen MR) is 99.5 cm³/mol. The summed E-state index contributed by atoms with van der Waals surface area (Å²) in [4.78, 5) is 34.6. The molecular formula is C20H18N2O4. The average molecular weight is 350 g/mol. The first-order valence-corrected chi connectivity index (χ1v) is 8.23. The molecule has 2 N–H and O–H groups in total. The third kappa shape index (κ3) is 3.64. The lowest BCUT2D eigenvalue weighted by molar-refractivity contribution is -0.114. The zero-order chi connectivity index (χ0) is 18.7. The predicted octanol–water partition coefficient (Wildman–Crippen LogP) is 4.00. The Morgan fingerprint density at radius 1 is 1.15 bits per heavy atom. The summed E-state index contributed by atoms with van der Waals surface area (Å²) in [6.45, 7) is 3.47. The molecule has 0 aromatic heterocycles. The van der Waals surface area contributed by atoms with E-state index in [0.29, 0.717) is 28.4 Å². The van der Waals surface area contributed by atoms with Crippen LogP contribution in [0, 0.1) is 0 Å². The zero-order valence-corrected chi connectivity index (χ0v) is 14.5. The van der Waals surface area contributed by atoms with Gasteiger partial charge in [-0.15, -0.1) is 0 Å². The van der Waals surface area contributed by atoms with Gasteiger partial charge in [0.05, 0.1) is 11.3 Å². The molecule has 0 atom stereocenters. The molecular weight excluding hydrogens is 332 g/mol. The van der Waals surface area contributed by atoms with Crippen LogP contribution in [0.25, 0.3) is 6.08 Å². The van der Waals surface area contributed by atoms with Gasteiger partial charge in [-0.1, -0.05) is 19.1 Å². The standard InChI is InChI=1S/C20H18N2O4/c1-3-4-5-13-10-14(6-8-17(13)21-12(2)23)26-15-7-9-18-16(11-15)19(24)20(25)22-18/h4-11H,3H2,1-2H3,(H,21,23)(H,22,24,25)/b5-4+. The molecule has 1 aliphatic heterocycles. The van der Waals surface area contributed by atoms with Crippen molar-refractivity contribution in [1.29, 1.82) is 0 Å². The topological polar surface area (TPSA) is 84.5 Å². The van der Waals surface area contributed by atoms with Gasteiger partial charge >= 0.3 is 0 Å². The second-order valence-electron chi connectivity index (χ2n) is 5.83. The third-order valence-electron chi connectivity index (χ3n) is 3.79. The van der Waals surface area contributed by atoms with Crippen LogP contribution >= 0.6 is 0 Å². The number of ketones is 1. The Kier molecular flexibility index (Phi) is 4.84. The molecule has 132 valence electrons. The summed E-state index contributed by atoms with van der Waals surface area (Å²) in [6.07, 6.45) is 4.75. The molecule has 2 aromatic carbocycles. The van der Waals surface area contributed by atoms with E-state index in [4.69, 9.17) is 4.74 Å². The van der Waals surface area contributed by atoms with Crippen molar-refractivity contribution in [3.63, 3.8) is 0 Å². The number of allylic oxidation sites excluding steroid dienone is 1. The summed E-state index contributed by atoms with van der Waals surface area (Å²) in [6, 6.07) is 10.1. The van der Waals surface area contributed by atoms with E-state index < -0.39 is 11.7 Å². The lowest BCUT2D eigenvalue weighted by atomic mass is 10.1. The van der Waals surface area contributed by atoms with Gasteiger partial charge in [-0.3, -0.25) is 14.4 Å². The molecule has 0 spiro atoms. The lowest BCUT2D eigenvalue weighted by Crippen LogP contribution is -2.12. The molecule has 1 aliphatic rings. The number of carbonyl (C=O) groups excluding carboxylic acids is 3. The number of hydrogen-bond donors (Lipinski definition) is 2. The molecule has 26 heavy (non-hydrogen) atoms. The summed E-state index contributed by atoms with van der Waals surface area (Å²) in [5.41, 5.74) is 2.29. The number of hydrogen-bond acceptors (Lipinski definition) is 4. The van der Waals surface area contributed by atoms with Crippen LogP contribution in [0.2, 0.25) is 0 Å². The fourth-order valence-corrected chi connectivity index (χ4v) is 2.61. The van der Waals surface area contributed by atoms with Crippen molar-refractivity contribution in [3.05, 3.63) is 53.6 Å². The Morgan fingerprint density at radius 2 is 1.88 bits per heavy atom. The van der Waals surface area contributed by atoms with Crippen molar-refractivity contribution in [2.24, 2.45) is 0 Å². The molecule has 0 unspecified atom stereocenters. The second-order valence-corrected chi connectivity index (χ2v) is 5.83. The van der Waals surface area contributed by atoms with E-state index in [1.54, 1.807) is 36.4 Å². The molecule has 0 saturated carbocycles. The van der Waals surface area contributed by atoms with Crippen molar-refractivity contribution >= 4 is 35.0 Å². The highest BCUT2D eigenvalue weighted by Crippen LogP contribution is 2.31. The van der Waals surface area contributed by atoms with Crippen molar-refractivity contribution in [2.45, 2.75) is 20.3 Å². The first-order valence-electron chi connectivity index (χ1n) is 8.23. The maximum absolute atomic E-state index is 11.8. The van der Waals surface area contributed by atoms with Crippen LogP contribution < -0.4 is 15.4 Å². The number of ether oxygens (including phenoxy) is 1. The van der Waals surface area contributed by atoms with Crippen molar-refractivity contribution in [2.75, 3.05) is 10.6 Å². The number of Topliss-reactive ketones (excluding diaryl/α,β-unsaturated/α-hetero) is 1. The van der Waals surface area contributed by atoms with E-state index in [2.05, 4.69) is 10.6 Å². The summed E-state index contributed by atoms with van der Waals surface area (Å²) in [5.74, 6) is -0.355. The molecule has 6 heteroatoms. The zero-order valence-electron chi connectivity index (χ0n) is 14.5. The maximum atomic E-state index is 11.8. The maximum Gasteiger partial charge on any atom is 0.296 e. The first-order chi connectivity index (χ1) is 12.5. The van der Waals surface area contributed by atoms with Crippen molar-refractivity contribution in [3.8, 4) is 11.5 Å². The van der Waals surface area contributed by atoms with E-state index in [9.17, 15) is 14.4 Å². The highest BCUT2D eigenvalue weighted by atomic mass is 16.5. The van der Waals surface area contributed by atoms with Gasteiger partial charge in [0.2, 0.25) is 5.91 Å². The first kappa shape index (κ1) is 17.4. The molecule has 0 aliphatic carbocycles. The van der Waals surface area contributed by atoms with E-state index in [-0.39, 0.29) is 5.91 Å². The number of amides is 2. The molecule has 0 fully saturated rings. The summed E-state index contributed by atoms with van der Waals surface area (Å²) >= 11 is 0. The van der Waals surface area contributed by atoms with Crippen LogP contribution in [-0.4, -0.2) is 17.6 Å². The Bertz CT molecular complexity index is 931. The van der Waals surface area contributed by atoms with E-state index in [1.807, 2.05) is 19.1 Å². The molecule has 2 aromatic rings. The number of benzene rings is 2. The minimum absolute atomic E-state index is 0.154. The van der Waals surface area contributed by atoms with Gasteiger partial charge in [-0.05, 0) is 42.8 Å². The summed E-state index contributed by atoms with van der Waals surface area (Å²) < 4.78 is 5.83. The van der Waals surface area contributed by atoms with Gasteiger partial charge in [-0.2, -0.15) is 0 Å². The van der Waals surface area contributed by atoms with Crippen LogP contribution in [-0.2, 0) is 9.59 Å². The molecule has 3 rings (SSSR count). The quantitative estimate of drug-likeness (QED) is 0.799. The van der Waals surface area contributed by atoms with E-state index in [1.165, 1.54) is 6.92 Å². The number of anilines is 2. The molecule has 0 saturated heterocycles. The largest absolute Gasteiger partial charge is 0.457 e. The smallest absolute Gasteiger partial charge is 0.296 e. The summed E-state index contributed by atoms with van der Waals surface area (Å²) in [7, 11) is 0. The van der Waals surface area contributed by atoms with Gasteiger partial charge in [0.1, 0.15) is 11.5 Å². The van der Waals surface area contributed by atoms with Gasteiger partial charge in [0, 0.05) is 18.2 Å². The monoisotopic (exact) mass is 350 g/mol. The number of nitrogens with one attached hydrogen (secondary N) is 2. The van der Waals surface area contributed by atoms with E-state index in [0.717, 1.165) is 12.0 Å². The van der Waals surface area contributed by atoms with Gasteiger partial charge in [-0.25, -0.2) is 0 Å². The fraction of sp³-hybridized carbons (Fsp3) is 0.150. The van der Waals surface area contributed by atoms with Crippen LogP contribution in [0.4, 0.5) is 11.4 Å². The van der Waals surface area contributed by atoms with E-state index >= 15 is 0 Å². The number of fused-ring (bicyclic) bond motifs is 1. The Labute approximate surface area is 150 Å². The fourth-order valence-electron chi connectivity index (χ4n) is 2.61. The SMILES string of the molecule is CC/C=C/c1cc(Oc2ccc3c(c2)C(=O)C(=O)N3)ccc1NC(C)=O. The van der Waals surface area contributed by atoms with Gasteiger partial charge in [0.25, 0.3) is 11.7 Å². The van der Waals surface area contributed by atoms with Crippen molar-refractivity contribution in [1.82, 2.24) is 0 Å². The van der Waals surface area contributed by atoms with Crippen LogP contribution in [0.5, 0.6) is 11.5 Å². The Morgan fingerprint density at radius 3 is 2.62 bits per heavy atom. The van der Waals surface area contributed by atoms with Gasteiger partial charge in [0.15, 0.2) is 0 Å². The second kappa shape index (κ2) is 7.23. The third-order valence-corrected chi connectivity index (χ3v) is 3.79. The average Bonchev–Trinajstić information content (AvgIpc) is 2.89. The number of rotatable bonds is 5. The highest BCUT2D eigenvalue weighted by Gasteiger charge is 2.28. The Balaban J connectivity index is 1.88. The number of carbonyl (C=O) groups is 3. The van der Waals surface area contributed by atoms with Gasteiger partial charge < -0.3 is 15.4 Å². The highest BCUT2D eigenvalue weighted by molar-refractivity contribution is 6.51. The summed E-state index contributed by atoms with van der Waals surface area (Å²) in [5, 5.41) is 5.28. The minimum Gasteiger partial charge on any atom is -0.457 e. The van der Waals surface area contributed by atoms with Crippen LogP contribution in [0.3, 0.4) is 0 Å². The molecule has 0 bridgehead atoms. The molecule has 1 heterocycles. The molecule has 6 nitrogen and oxygen atoms in total. The molecule has 2 amide bonds. The normalized spacial score (nSPS) is 12.8. The van der Waals surface area contributed by atoms with Crippen LogP contribution in [0.15, 0.2) is 42.5 Å². The molecule has 0 radical (unpaired) electrons. The van der Waals surface area contributed by atoms with Crippen LogP contribution in [0.1, 0.15) is 36.2 Å².